The Labute approximate surface area is 124 Å². The summed E-state index contributed by atoms with van der Waals surface area (Å²) in [5.74, 6) is 0. The molecule has 100 valence electrons. The molecule has 18 heavy (non-hydrogen) atoms. The van der Waals surface area contributed by atoms with Crippen LogP contribution in [0.4, 0.5) is 5.69 Å². The van der Waals surface area contributed by atoms with Crippen molar-refractivity contribution in [2.45, 2.75) is 19.5 Å². The first-order valence-corrected chi connectivity index (χ1v) is 7.22. The third-order valence-corrected chi connectivity index (χ3v) is 3.78. The van der Waals surface area contributed by atoms with Crippen LogP contribution in [0.5, 0.6) is 0 Å². The van der Waals surface area contributed by atoms with Crippen LogP contribution in [0.2, 0.25) is 0 Å². The highest BCUT2D eigenvalue weighted by molar-refractivity contribution is 14.1. The summed E-state index contributed by atoms with van der Waals surface area (Å²) >= 11 is 2.33. The lowest BCUT2D eigenvalue weighted by Crippen LogP contribution is -2.36. The average Bonchev–Trinajstić information content (AvgIpc) is 2.42. The molecule has 1 aromatic carbocycles. The summed E-state index contributed by atoms with van der Waals surface area (Å²) in [6.45, 7) is 3.15. The Morgan fingerprint density at radius 1 is 1.28 bits per heavy atom. The van der Waals surface area contributed by atoms with E-state index < -0.39 is 0 Å². The summed E-state index contributed by atoms with van der Waals surface area (Å²) < 4.78 is 2.22. The molecule has 0 saturated carbocycles. The second-order valence-electron chi connectivity index (χ2n) is 4.04. The zero-order valence-corrected chi connectivity index (χ0v) is 13.4. The SMILES string of the molecule is CCC(NC)NC.IN1CC=Cc2ccccc21. The van der Waals surface area contributed by atoms with Crippen LogP contribution in [0.15, 0.2) is 30.3 Å². The smallest absolute Gasteiger partial charge is 0.0594 e. The fourth-order valence-corrected chi connectivity index (χ4v) is 2.44. The Bertz CT molecular complexity index is 370. The molecule has 0 atom stereocenters. The number of nitrogens with zero attached hydrogens (tertiary/aromatic N) is 1. The number of rotatable bonds is 3. The van der Waals surface area contributed by atoms with Gasteiger partial charge in [-0.3, -0.25) is 0 Å². The zero-order valence-electron chi connectivity index (χ0n) is 11.3. The fourth-order valence-electron chi connectivity index (χ4n) is 1.77. The Hall–Kier alpha value is -0.590. The van der Waals surface area contributed by atoms with Crippen molar-refractivity contribution in [3.63, 3.8) is 0 Å². The van der Waals surface area contributed by atoms with E-state index >= 15 is 0 Å². The Morgan fingerprint density at radius 3 is 2.44 bits per heavy atom. The van der Waals surface area contributed by atoms with Gasteiger partial charge in [0.25, 0.3) is 0 Å². The number of benzene rings is 1. The van der Waals surface area contributed by atoms with Gasteiger partial charge in [0.05, 0.1) is 34.7 Å². The quantitative estimate of drug-likeness (QED) is 0.494. The van der Waals surface area contributed by atoms with Gasteiger partial charge in [-0.1, -0.05) is 37.3 Å². The molecular formula is C14H22IN3. The zero-order chi connectivity index (χ0) is 13.4. The molecule has 0 radical (unpaired) electrons. The third kappa shape index (κ3) is 4.59. The molecule has 0 unspecified atom stereocenters. The maximum absolute atomic E-state index is 3.09. The van der Waals surface area contributed by atoms with Crippen molar-refractivity contribution in [3.8, 4) is 0 Å². The minimum Gasteiger partial charge on any atom is -0.310 e. The van der Waals surface area contributed by atoms with E-state index in [-0.39, 0.29) is 0 Å². The molecule has 0 aromatic heterocycles. The highest BCUT2D eigenvalue weighted by Crippen LogP contribution is 2.27. The van der Waals surface area contributed by atoms with E-state index in [9.17, 15) is 0 Å². The maximum atomic E-state index is 3.09. The molecular weight excluding hydrogens is 337 g/mol. The molecule has 0 spiro atoms. The summed E-state index contributed by atoms with van der Waals surface area (Å²) in [5, 5.41) is 6.18. The van der Waals surface area contributed by atoms with Crippen LogP contribution < -0.4 is 13.7 Å². The Balaban J connectivity index is 0.000000203. The summed E-state index contributed by atoms with van der Waals surface area (Å²) in [7, 11) is 3.90. The summed E-state index contributed by atoms with van der Waals surface area (Å²) in [4.78, 5) is 0. The van der Waals surface area contributed by atoms with Gasteiger partial charge in [-0.05, 0) is 32.1 Å². The van der Waals surface area contributed by atoms with Gasteiger partial charge in [-0.2, -0.15) is 0 Å². The molecule has 1 aromatic rings. The molecule has 4 heteroatoms. The molecule has 2 N–H and O–H groups in total. The molecule has 0 bridgehead atoms. The van der Waals surface area contributed by atoms with Gasteiger partial charge in [0.2, 0.25) is 0 Å². The number of hydrogen-bond acceptors (Lipinski definition) is 3. The van der Waals surface area contributed by atoms with Crippen LogP contribution in [0, 0.1) is 0 Å². The molecule has 0 saturated heterocycles. The van der Waals surface area contributed by atoms with Crippen LogP contribution in [0.3, 0.4) is 0 Å². The lowest BCUT2D eigenvalue weighted by molar-refractivity contribution is 0.481. The molecule has 1 heterocycles. The lowest BCUT2D eigenvalue weighted by atomic mass is 10.1. The number of anilines is 1. The van der Waals surface area contributed by atoms with Crippen LogP contribution in [0.25, 0.3) is 6.08 Å². The molecule has 0 amide bonds. The average molecular weight is 359 g/mol. The van der Waals surface area contributed by atoms with Gasteiger partial charge >= 0.3 is 0 Å². The summed E-state index contributed by atoms with van der Waals surface area (Å²) in [5.41, 5.74) is 2.63. The lowest BCUT2D eigenvalue weighted by Gasteiger charge is -2.20. The maximum Gasteiger partial charge on any atom is 0.0594 e. The number of halogens is 1. The third-order valence-electron chi connectivity index (χ3n) is 2.87. The first-order chi connectivity index (χ1) is 8.72. The van der Waals surface area contributed by atoms with E-state index in [2.05, 4.69) is 80.0 Å². The molecule has 0 fully saturated rings. The highest BCUT2D eigenvalue weighted by atomic mass is 127. The van der Waals surface area contributed by atoms with Gasteiger partial charge in [0, 0.05) is 6.54 Å². The molecule has 3 nitrogen and oxygen atoms in total. The normalized spacial score (nSPS) is 13.1. The summed E-state index contributed by atoms with van der Waals surface area (Å²) in [6.07, 6.45) is 5.96. The second kappa shape index (κ2) is 8.50. The van der Waals surface area contributed by atoms with E-state index in [0.717, 1.165) is 13.0 Å². The summed E-state index contributed by atoms with van der Waals surface area (Å²) in [6, 6.07) is 8.42. The predicted molar refractivity (Wildman–Crippen MR) is 89.0 cm³/mol. The van der Waals surface area contributed by atoms with Crippen molar-refractivity contribution >= 4 is 34.6 Å². The number of para-hydroxylation sites is 1. The van der Waals surface area contributed by atoms with Crippen LogP contribution in [-0.4, -0.2) is 26.8 Å². The van der Waals surface area contributed by atoms with Crippen LogP contribution >= 0.6 is 22.9 Å². The second-order valence-corrected chi connectivity index (χ2v) is 5.21. The largest absolute Gasteiger partial charge is 0.310 e. The van der Waals surface area contributed by atoms with E-state index in [1.165, 1.54) is 11.3 Å². The first-order valence-electron chi connectivity index (χ1n) is 6.26. The van der Waals surface area contributed by atoms with Crippen molar-refractivity contribution < 1.29 is 0 Å². The van der Waals surface area contributed by atoms with E-state index in [0.29, 0.717) is 6.17 Å². The van der Waals surface area contributed by atoms with Gasteiger partial charge in [0.1, 0.15) is 0 Å². The van der Waals surface area contributed by atoms with Crippen molar-refractivity contribution in [1.82, 2.24) is 10.6 Å². The standard InChI is InChI=1S/C9H8IN.C5H14N2/c10-11-7-3-5-8-4-1-2-6-9(8)11;1-4-5(6-2)7-3/h1-6H,7H2;5-7H,4H2,1-3H3. The van der Waals surface area contributed by atoms with Gasteiger partial charge < -0.3 is 13.7 Å². The molecule has 1 aliphatic rings. The van der Waals surface area contributed by atoms with Crippen LogP contribution in [-0.2, 0) is 0 Å². The fraction of sp³-hybridized carbons (Fsp3) is 0.429. The predicted octanol–water partition coefficient (Wildman–Crippen LogP) is 3.03. The monoisotopic (exact) mass is 359 g/mol. The van der Waals surface area contributed by atoms with Gasteiger partial charge in [-0.15, -0.1) is 0 Å². The number of nitrogens with one attached hydrogen (secondary N) is 2. The topological polar surface area (TPSA) is 27.3 Å². The highest BCUT2D eigenvalue weighted by Gasteiger charge is 2.07. The minimum absolute atomic E-state index is 0.486. The van der Waals surface area contributed by atoms with Gasteiger partial charge in [0.15, 0.2) is 0 Å². The molecule has 2 rings (SSSR count). The van der Waals surface area contributed by atoms with Crippen molar-refractivity contribution in [2.24, 2.45) is 0 Å². The van der Waals surface area contributed by atoms with Crippen molar-refractivity contribution in [1.29, 1.82) is 0 Å². The minimum atomic E-state index is 0.486. The van der Waals surface area contributed by atoms with E-state index in [1.807, 2.05) is 14.1 Å². The van der Waals surface area contributed by atoms with E-state index in [4.69, 9.17) is 0 Å². The van der Waals surface area contributed by atoms with Crippen molar-refractivity contribution in [3.05, 3.63) is 35.9 Å². The van der Waals surface area contributed by atoms with Crippen molar-refractivity contribution in [2.75, 3.05) is 23.8 Å². The Morgan fingerprint density at radius 2 is 1.94 bits per heavy atom. The van der Waals surface area contributed by atoms with E-state index in [1.54, 1.807) is 0 Å². The first kappa shape index (κ1) is 15.5. The van der Waals surface area contributed by atoms with Gasteiger partial charge in [-0.25, -0.2) is 0 Å². The molecule has 1 aliphatic heterocycles. The number of hydrogen-bond donors (Lipinski definition) is 2. The number of fused-ring (bicyclic) bond motifs is 1. The Kier molecular flexibility index (Phi) is 7.31. The van der Waals surface area contributed by atoms with Crippen LogP contribution in [0.1, 0.15) is 18.9 Å². The molecule has 0 aliphatic carbocycles.